The maximum absolute atomic E-state index is 10.1. The van der Waals surface area contributed by atoms with Gasteiger partial charge in [-0.3, -0.25) is 9.58 Å². The molecule has 170 valence electrons. The van der Waals surface area contributed by atoms with Crippen LogP contribution >= 0.6 is 0 Å². The molecule has 1 aromatic heterocycles. The highest BCUT2D eigenvalue weighted by Crippen LogP contribution is 2.30. The van der Waals surface area contributed by atoms with E-state index in [1.807, 2.05) is 0 Å². The van der Waals surface area contributed by atoms with Crippen molar-refractivity contribution in [1.82, 2.24) is 19.6 Å². The first-order chi connectivity index (χ1) is 14.9. The molecule has 1 N–H and O–H groups in total. The van der Waals surface area contributed by atoms with Crippen molar-refractivity contribution in [3.8, 4) is 11.3 Å². The maximum Gasteiger partial charge on any atom is 0.0968 e. The molecule has 0 saturated carbocycles. The van der Waals surface area contributed by atoms with Crippen LogP contribution in [0.1, 0.15) is 52.0 Å². The van der Waals surface area contributed by atoms with Crippen molar-refractivity contribution in [3.05, 3.63) is 42.1 Å². The van der Waals surface area contributed by atoms with Gasteiger partial charge in [0, 0.05) is 50.1 Å². The molecule has 2 unspecified atom stereocenters. The van der Waals surface area contributed by atoms with Crippen molar-refractivity contribution in [1.29, 1.82) is 0 Å². The maximum atomic E-state index is 10.1. The summed E-state index contributed by atoms with van der Waals surface area (Å²) in [6, 6.07) is 10.5. The van der Waals surface area contributed by atoms with Crippen molar-refractivity contribution >= 4 is 0 Å². The van der Waals surface area contributed by atoms with Crippen LogP contribution in [-0.2, 0) is 12.1 Å². The number of aliphatic hydroxyl groups is 1. The Morgan fingerprint density at radius 2 is 1.61 bits per heavy atom. The molecule has 0 amide bonds. The molecule has 5 heteroatoms. The van der Waals surface area contributed by atoms with Gasteiger partial charge in [-0.15, -0.1) is 0 Å². The van der Waals surface area contributed by atoms with Crippen molar-refractivity contribution in [3.63, 3.8) is 0 Å². The van der Waals surface area contributed by atoms with Gasteiger partial charge < -0.3 is 10.0 Å². The highest BCUT2D eigenvalue weighted by atomic mass is 16.3. The summed E-state index contributed by atoms with van der Waals surface area (Å²) in [4.78, 5) is 5.19. The third-order valence-corrected chi connectivity index (χ3v) is 7.00. The minimum atomic E-state index is -0.0459. The Bertz CT molecular complexity index is 818. The molecule has 31 heavy (non-hydrogen) atoms. The Morgan fingerprint density at radius 1 is 0.935 bits per heavy atom. The molecule has 2 saturated heterocycles. The van der Waals surface area contributed by atoms with Crippen LogP contribution in [0.2, 0.25) is 0 Å². The Balaban J connectivity index is 1.50. The van der Waals surface area contributed by atoms with Crippen LogP contribution < -0.4 is 0 Å². The van der Waals surface area contributed by atoms with E-state index in [2.05, 4.69) is 71.8 Å². The van der Waals surface area contributed by atoms with Crippen molar-refractivity contribution in [2.75, 3.05) is 39.3 Å². The number of likely N-dealkylation sites (tertiary alicyclic amines) is 2. The molecule has 1 aromatic carbocycles. The molecule has 3 heterocycles. The van der Waals surface area contributed by atoms with Gasteiger partial charge in [0.05, 0.1) is 11.2 Å². The zero-order valence-electron chi connectivity index (χ0n) is 19.6. The molecule has 5 nitrogen and oxygen atoms in total. The van der Waals surface area contributed by atoms with Gasteiger partial charge in [-0.05, 0) is 58.5 Å². The van der Waals surface area contributed by atoms with E-state index in [4.69, 9.17) is 5.10 Å². The lowest BCUT2D eigenvalue weighted by Crippen LogP contribution is -2.34. The van der Waals surface area contributed by atoms with Gasteiger partial charge in [-0.2, -0.15) is 5.10 Å². The zero-order chi connectivity index (χ0) is 21.8. The molecule has 2 aromatic rings. The van der Waals surface area contributed by atoms with Gasteiger partial charge in [0.1, 0.15) is 0 Å². The van der Waals surface area contributed by atoms with Crippen molar-refractivity contribution in [2.45, 2.75) is 58.5 Å². The summed E-state index contributed by atoms with van der Waals surface area (Å²) in [5.41, 5.74) is 3.51. The quantitative estimate of drug-likeness (QED) is 0.754. The molecule has 0 spiro atoms. The molecule has 0 aliphatic carbocycles. The fraction of sp³-hybridized carbons (Fsp3) is 0.654. The van der Waals surface area contributed by atoms with E-state index in [0.717, 1.165) is 31.9 Å². The third kappa shape index (κ3) is 5.57. The lowest BCUT2D eigenvalue weighted by atomic mass is 9.96. The predicted octanol–water partition coefficient (Wildman–Crippen LogP) is 4.22. The molecular weight excluding hydrogens is 384 g/mol. The number of hydrogen-bond acceptors (Lipinski definition) is 4. The molecular formula is C26H40N4O. The number of benzene rings is 1. The van der Waals surface area contributed by atoms with Crippen LogP contribution in [0.4, 0.5) is 0 Å². The number of rotatable bonds is 6. The van der Waals surface area contributed by atoms with Crippen molar-refractivity contribution in [2.24, 2.45) is 11.8 Å². The Labute approximate surface area is 188 Å². The highest BCUT2D eigenvalue weighted by Gasteiger charge is 2.34. The molecule has 0 bridgehead atoms. The van der Waals surface area contributed by atoms with Crippen LogP contribution in [0.5, 0.6) is 0 Å². The van der Waals surface area contributed by atoms with Crippen molar-refractivity contribution < 1.29 is 5.11 Å². The van der Waals surface area contributed by atoms with E-state index in [0.29, 0.717) is 18.4 Å². The van der Waals surface area contributed by atoms with Crippen LogP contribution in [-0.4, -0.2) is 64.0 Å². The van der Waals surface area contributed by atoms with Gasteiger partial charge >= 0.3 is 0 Å². The molecule has 2 atom stereocenters. The summed E-state index contributed by atoms with van der Waals surface area (Å²) < 4.78 is 2.11. The van der Waals surface area contributed by atoms with Crippen LogP contribution in [0, 0.1) is 11.8 Å². The summed E-state index contributed by atoms with van der Waals surface area (Å²) >= 11 is 0. The fourth-order valence-corrected chi connectivity index (χ4v) is 5.18. The summed E-state index contributed by atoms with van der Waals surface area (Å²) in [6.45, 7) is 13.4. The first-order valence-electron chi connectivity index (χ1n) is 12.1. The monoisotopic (exact) mass is 424 g/mol. The first-order valence-corrected chi connectivity index (χ1v) is 12.1. The zero-order valence-corrected chi connectivity index (χ0v) is 19.6. The smallest absolute Gasteiger partial charge is 0.0968 e. The summed E-state index contributed by atoms with van der Waals surface area (Å²) in [7, 11) is 0. The van der Waals surface area contributed by atoms with Crippen LogP contribution in [0.25, 0.3) is 11.3 Å². The van der Waals surface area contributed by atoms with Gasteiger partial charge in [0.2, 0.25) is 0 Å². The SMILES string of the molecule is CC(C)(C)n1cc(CN2CC(CO)C(CN3CCCCCC3)C2)c(-c2ccccc2)n1. The fourth-order valence-electron chi connectivity index (χ4n) is 5.18. The van der Waals surface area contributed by atoms with Gasteiger partial charge in [-0.1, -0.05) is 43.2 Å². The average molecular weight is 425 g/mol. The summed E-state index contributed by atoms with van der Waals surface area (Å²) in [6.07, 6.45) is 7.63. The lowest BCUT2D eigenvalue weighted by molar-refractivity contribution is 0.165. The molecule has 4 rings (SSSR count). The second-order valence-corrected chi connectivity index (χ2v) is 10.6. The van der Waals surface area contributed by atoms with Gasteiger partial charge in [-0.25, -0.2) is 0 Å². The second kappa shape index (κ2) is 9.85. The Morgan fingerprint density at radius 3 is 2.26 bits per heavy atom. The molecule has 2 fully saturated rings. The predicted molar refractivity (Wildman–Crippen MR) is 127 cm³/mol. The standard InChI is InChI=1S/C26H40N4O/c1-26(2,3)30-19-23(25(27-30)21-11-7-6-8-12-21)17-29-16-22(24(18-29)20-31)15-28-13-9-4-5-10-14-28/h6-8,11-12,19,22,24,31H,4-5,9-10,13-18,20H2,1-3H3. The number of nitrogens with zero attached hydrogens (tertiary/aromatic N) is 4. The van der Waals surface area contributed by atoms with Gasteiger partial charge in [0.15, 0.2) is 0 Å². The Kier molecular flexibility index (Phi) is 7.15. The minimum absolute atomic E-state index is 0.0459. The summed E-state index contributed by atoms with van der Waals surface area (Å²) in [5.74, 6) is 0.932. The van der Waals surface area contributed by atoms with Crippen LogP contribution in [0.3, 0.4) is 0 Å². The normalized spacial score (nSPS) is 23.9. The molecule has 0 radical (unpaired) electrons. The van der Waals surface area contributed by atoms with E-state index in [-0.39, 0.29) is 5.54 Å². The highest BCUT2D eigenvalue weighted by molar-refractivity contribution is 5.62. The lowest BCUT2D eigenvalue weighted by Gasteiger charge is -2.26. The Hall–Kier alpha value is -1.69. The van der Waals surface area contributed by atoms with Gasteiger partial charge in [0.25, 0.3) is 0 Å². The van der Waals surface area contributed by atoms with Crippen LogP contribution in [0.15, 0.2) is 36.5 Å². The second-order valence-electron chi connectivity index (χ2n) is 10.6. The van der Waals surface area contributed by atoms with E-state index >= 15 is 0 Å². The molecule has 2 aliphatic heterocycles. The van der Waals surface area contributed by atoms with E-state index in [9.17, 15) is 5.11 Å². The number of aromatic nitrogens is 2. The number of hydrogen-bond donors (Lipinski definition) is 1. The van der Waals surface area contributed by atoms with E-state index < -0.39 is 0 Å². The van der Waals surface area contributed by atoms with E-state index in [1.54, 1.807) is 0 Å². The average Bonchev–Trinajstić information content (AvgIpc) is 3.25. The minimum Gasteiger partial charge on any atom is -0.396 e. The third-order valence-electron chi connectivity index (χ3n) is 7.00. The summed E-state index contributed by atoms with van der Waals surface area (Å²) in [5, 5.41) is 15.1. The first kappa shape index (κ1) is 22.5. The number of aliphatic hydroxyl groups excluding tert-OH is 1. The molecule has 2 aliphatic rings. The largest absolute Gasteiger partial charge is 0.396 e. The van der Waals surface area contributed by atoms with E-state index in [1.165, 1.54) is 49.9 Å². The topological polar surface area (TPSA) is 44.5 Å².